The Hall–Kier alpha value is -1.23. The van der Waals surface area contributed by atoms with Gasteiger partial charge < -0.3 is 10.2 Å². The minimum atomic E-state index is -1.40. The van der Waals surface area contributed by atoms with Gasteiger partial charge >= 0.3 is 0 Å². The van der Waals surface area contributed by atoms with Crippen LogP contribution in [0.3, 0.4) is 0 Å². The molecule has 0 amide bonds. The molecule has 0 aliphatic carbocycles. The van der Waals surface area contributed by atoms with E-state index in [0.717, 1.165) is 37.9 Å². The molecule has 0 spiro atoms. The second kappa shape index (κ2) is 6.26. The van der Waals surface area contributed by atoms with Crippen molar-refractivity contribution in [2.45, 2.75) is 51.6 Å². The van der Waals surface area contributed by atoms with Crippen LogP contribution in [-0.2, 0) is 0 Å². The van der Waals surface area contributed by atoms with E-state index in [2.05, 4.69) is 19.2 Å². The second-order valence-corrected chi connectivity index (χ2v) is 5.78. The summed E-state index contributed by atoms with van der Waals surface area (Å²) in [5.41, 5.74) is 0.360. The summed E-state index contributed by atoms with van der Waals surface area (Å²) in [7, 11) is 0. The van der Waals surface area contributed by atoms with E-state index >= 15 is 0 Å². The third-order valence-electron chi connectivity index (χ3n) is 4.75. The molecule has 1 aliphatic heterocycles. The number of hydrogen-bond acceptors (Lipinski definition) is 2. The van der Waals surface area contributed by atoms with Crippen molar-refractivity contribution in [3.8, 4) is 0 Å². The topological polar surface area (TPSA) is 15.3 Å². The fourth-order valence-corrected chi connectivity index (χ4v) is 3.05. The summed E-state index contributed by atoms with van der Waals surface area (Å²) in [5.74, 6) is -3.66. The number of nitrogens with zero attached hydrogens (tertiary/aromatic N) is 1. The van der Waals surface area contributed by atoms with E-state index in [-0.39, 0.29) is 11.6 Å². The first-order valence-corrected chi connectivity index (χ1v) is 7.62. The molecule has 1 aliphatic rings. The third-order valence-corrected chi connectivity index (χ3v) is 4.75. The van der Waals surface area contributed by atoms with E-state index in [1.807, 2.05) is 11.8 Å². The van der Waals surface area contributed by atoms with E-state index in [1.165, 1.54) is 0 Å². The Morgan fingerprint density at radius 3 is 2.19 bits per heavy atom. The summed E-state index contributed by atoms with van der Waals surface area (Å²) < 4.78 is 40.2. The lowest BCUT2D eigenvalue weighted by Gasteiger charge is -2.48. The van der Waals surface area contributed by atoms with Gasteiger partial charge in [0.25, 0.3) is 0 Å². The molecule has 1 aromatic rings. The summed E-state index contributed by atoms with van der Waals surface area (Å²) in [6.45, 7) is 7.68. The first-order chi connectivity index (χ1) is 9.96. The first-order valence-electron chi connectivity index (χ1n) is 7.62. The van der Waals surface area contributed by atoms with Crippen molar-refractivity contribution < 1.29 is 13.2 Å². The third kappa shape index (κ3) is 3.03. The Kier molecular flexibility index (Phi) is 4.81. The van der Waals surface area contributed by atoms with Crippen LogP contribution in [0.15, 0.2) is 12.1 Å². The minimum absolute atomic E-state index is 0.0625. The predicted octanol–water partition coefficient (Wildman–Crippen LogP) is 3.85. The van der Waals surface area contributed by atoms with Crippen LogP contribution in [0, 0.1) is 17.5 Å². The van der Waals surface area contributed by atoms with Crippen LogP contribution in [0.5, 0.6) is 0 Å². The van der Waals surface area contributed by atoms with Crippen molar-refractivity contribution in [2.24, 2.45) is 0 Å². The van der Waals surface area contributed by atoms with Crippen LogP contribution in [0.4, 0.5) is 18.9 Å². The van der Waals surface area contributed by atoms with Crippen LogP contribution < -0.4 is 10.2 Å². The summed E-state index contributed by atoms with van der Waals surface area (Å²) >= 11 is 0. The van der Waals surface area contributed by atoms with Crippen molar-refractivity contribution in [1.29, 1.82) is 0 Å². The molecular weight excluding hydrogens is 277 g/mol. The van der Waals surface area contributed by atoms with Crippen molar-refractivity contribution in [3.63, 3.8) is 0 Å². The highest BCUT2D eigenvalue weighted by atomic mass is 19.2. The molecule has 1 atom stereocenters. The van der Waals surface area contributed by atoms with Gasteiger partial charge in [0.15, 0.2) is 17.5 Å². The zero-order valence-electron chi connectivity index (χ0n) is 12.8. The highest BCUT2D eigenvalue weighted by molar-refractivity contribution is 5.49. The molecule has 21 heavy (non-hydrogen) atoms. The predicted molar refractivity (Wildman–Crippen MR) is 79.1 cm³/mol. The number of hydrogen-bond donors (Lipinski definition) is 1. The smallest absolute Gasteiger partial charge is 0.194 e. The molecular formula is C16H23F3N2. The fourth-order valence-electron chi connectivity index (χ4n) is 3.05. The molecule has 0 bridgehead atoms. The van der Waals surface area contributed by atoms with E-state index in [0.29, 0.717) is 12.2 Å². The molecule has 1 saturated heterocycles. The van der Waals surface area contributed by atoms with Crippen LogP contribution in [-0.4, -0.2) is 24.7 Å². The van der Waals surface area contributed by atoms with E-state index in [1.54, 1.807) is 0 Å². The second-order valence-electron chi connectivity index (χ2n) is 5.78. The summed E-state index contributed by atoms with van der Waals surface area (Å²) in [5, 5.41) is 3.57. The highest BCUT2D eigenvalue weighted by Crippen LogP contribution is 2.30. The quantitative estimate of drug-likeness (QED) is 0.850. The molecule has 2 nitrogen and oxygen atoms in total. The minimum Gasteiger partial charge on any atom is -0.365 e. The largest absolute Gasteiger partial charge is 0.365 e. The molecule has 0 saturated carbocycles. The van der Waals surface area contributed by atoms with Gasteiger partial charge in [-0.05, 0) is 19.3 Å². The maximum atomic E-state index is 13.5. The molecule has 2 rings (SSSR count). The van der Waals surface area contributed by atoms with Gasteiger partial charge in [-0.1, -0.05) is 20.8 Å². The number of nitrogens with one attached hydrogen (secondary N) is 1. The van der Waals surface area contributed by atoms with Gasteiger partial charge in [-0.3, -0.25) is 0 Å². The first kappa shape index (κ1) is 16.1. The summed E-state index contributed by atoms with van der Waals surface area (Å²) in [6.07, 6.45) is 2.72. The van der Waals surface area contributed by atoms with E-state index < -0.39 is 17.5 Å². The molecule has 5 heteroatoms. The maximum Gasteiger partial charge on any atom is 0.194 e. The Balaban J connectivity index is 2.37. The van der Waals surface area contributed by atoms with Gasteiger partial charge in [-0.25, -0.2) is 13.2 Å². The van der Waals surface area contributed by atoms with Crippen LogP contribution in [0.1, 0.15) is 40.0 Å². The average Bonchev–Trinajstić information content (AvgIpc) is 2.51. The van der Waals surface area contributed by atoms with E-state index in [4.69, 9.17) is 0 Å². The number of piperazine rings is 1. The van der Waals surface area contributed by atoms with Crippen molar-refractivity contribution in [2.75, 3.05) is 18.0 Å². The normalized spacial score (nSPS) is 21.6. The maximum absolute atomic E-state index is 13.5. The van der Waals surface area contributed by atoms with Gasteiger partial charge in [0.1, 0.15) is 0 Å². The van der Waals surface area contributed by atoms with Crippen LogP contribution >= 0.6 is 0 Å². The summed E-state index contributed by atoms with van der Waals surface area (Å²) in [4.78, 5) is 2.01. The molecule has 0 aromatic heterocycles. The van der Waals surface area contributed by atoms with Gasteiger partial charge in [0.05, 0.1) is 0 Å². The lowest BCUT2D eigenvalue weighted by molar-refractivity contribution is 0.245. The van der Waals surface area contributed by atoms with Crippen molar-refractivity contribution in [1.82, 2.24) is 5.32 Å². The summed E-state index contributed by atoms with van der Waals surface area (Å²) in [6, 6.07) is 2.35. The monoisotopic (exact) mass is 300 g/mol. The number of halogens is 3. The lowest BCUT2D eigenvalue weighted by Crippen LogP contribution is -2.64. The van der Waals surface area contributed by atoms with Crippen LogP contribution in [0.25, 0.3) is 0 Å². The Morgan fingerprint density at radius 1 is 1.14 bits per heavy atom. The molecule has 1 aromatic carbocycles. The molecule has 1 N–H and O–H groups in total. The Morgan fingerprint density at radius 2 is 1.71 bits per heavy atom. The lowest BCUT2D eigenvalue weighted by atomic mass is 9.87. The Labute approximate surface area is 124 Å². The van der Waals surface area contributed by atoms with Gasteiger partial charge in [0, 0.05) is 42.5 Å². The van der Waals surface area contributed by atoms with Gasteiger partial charge in [-0.15, -0.1) is 0 Å². The number of anilines is 1. The highest BCUT2D eigenvalue weighted by Gasteiger charge is 2.36. The van der Waals surface area contributed by atoms with Gasteiger partial charge in [0.2, 0.25) is 0 Å². The molecule has 118 valence electrons. The zero-order valence-corrected chi connectivity index (χ0v) is 12.8. The van der Waals surface area contributed by atoms with Crippen molar-refractivity contribution >= 4 is 5.69 Å². The SMILES string of the molecule is CCC1CNC(CC)(CC)CN1c1cc(F)c(F)c(F)c1. The fraction of sp³-hybridized carbons (Fsp3) is 0.625. The molecule has 1 unspecified atom stereocenters. The van der Waals surface area contributed by atoms with Crippen molar-refractivity contribution in [3.05, 3.63) is 29.6 Å². The standard InChI is InChI=1S/C16H23F3N2/c1-4-11-9-20-16(5-2,6-3)10-21(11)12-7-13(17)15(19)14(18)8-12/h7-8,11,20H,4-6,9-10H2,1-3H3. The Bertz CT molecular complexity index is 477. The van der Waals surface area contributed by atoms with E-state index in [9.17, 15) is 13.2 Å². The molecule has 1 heterocycles. The number of rotatable bonds is 4. The van der Waals surface area contributed by atoms with Crippen LogP contribution in [0.2, 0.25) is 0 Å². The van der Waals surface area contributed by atoms with Gasteiger partial charge in [-0.2, -0.15) is 0 Å². The zero-order chi connectivity index (χ0) is 15.6. The molecule has 0 radical (unpaired) electrons. The average molecular weight is 300 g/mol. The number of benzene rings is 1. The molecule has 1 fully saturated rings.